The molecule has 1 fully saturated rings. The van der Waals surface area contributed by atoms with Crippen LogP contribution < -0.4 is 5.32 Å². The van der Waals surface area contributed by atoms with Crippen molar-refractivity contribution in [3.05, 3.63) is 23.5 Å². The van der Waals surface area contributed by atoms with Gasteiger partial charge in [0, 0.05) is 18.3 Å². The lowest BCUT2D eigenvalue weighted by Crippen LogP contribution is -2.51. The second-order valence-corrected chi connectivity index (χ2v) is 5.50. The SMILES string of the molecule is CC1CCCC(C)N1C(=O)C(=O)Nc1cccnc1Cl. The molecular weight excluding hydrogens is 278 g/mol. The maximum atomic E-state index is 12.3. The monoisotopic (exact) mass is 295 g/mol. The molecule has 0 aliphatic carbocycles. The molecule has 2 heterocycles. The van der Waals surface area contributed by atoms with Crippen LogP contribution >= 0.6 is 11.6 Å². The van der Waals surface area contributed by atoms with Crippen molar-refractivity contribution in [2.24, 2.45) is 0 Å². The van der Waals surface area contributed by atoms with Crippen molar-refractivity contribution in [3.8, 4) is 0 Å². The molecule has 1 aliphatic rings. The molecular formula is C14H18ClN3O2. The second kappa shape index (κ2) is 6.22. The Bertz CT molecular complexity index is 511. The van der Waals surface area contributed by atoms with E-state index in [-0.39, 0.29) is 17.2 Å². The summed E-state index contributed by atoms with van der Waals surface area (Å²) in [5.41, 5.74) is 0.352. The second-order valence-electron chi connectivity index (χ2n) is 5.14. The van der Waals surface area contributed by atoms with Crippen LogP contribution in [0.25, 0.3) is 0 Å². The smallest absolute Gasteiger partial charge is 0.314 e. The average molecular weight is 296 g/mol. The summed E-state index contributed by atoms with van der Waals surface area (Å²) in [5, 5.41) is 2.70. The fourth-order valence-corrected chi connectivity index (χ4v) is 2.76. The number of carbonyl (C=O) groups is 2. The summed E-state index contributed by atoms with van der Waals surface area (Å²) in [4.78, 5) is 29.9. The Morgan fingerprint density at radius 2 is 2.00 bits per heavy atom. The van der Waals surface area contributed by atoms with E-state index in [1.54, 1.807) is 17.0 Å². The van der Waals surface area contributed by atoms with Crippen molar-refractivity contribution in [1.82, 2.24) is 9.88 Å². The van der Waals surface area contributed by atoms with E-state index in [0.717, 1.165) is 19.3 Å². The van der Waals surface area contributed by atoms with Gasteiger partial charge in [-0.15, -0.1) is 0 Å². The van der Waals surface area contributed by atoms with Crippen molar-refractivity contribution in [1.29, 1.82) is 0 Å². The Labute approximate surface area is 123 Å². The van der Waals surface area contributed by atoms with Crippen molar-refractivity contribution in [2.45, 2.75) is 45.2 Å². The van der Waals surface area contributed by atoms with E-state index < -0.39 is 11.8 Å². The minimum absolute atomic E-state index is 0.0846. The molecule has 1 aromatic heterocycles. The van der Waals surface area contributed by atoms with Crippen LogP contribution in [0.2, 0.25) is 5.15 Å². The number of hydrogen-bond acceptors (Lipinski definition) is 3. The molecule has 2 rings (SSSR count). The van der Waals surface area contributed by atoms with Gasteiger partial charge in [0.25, 0.3) is 0 Å². The van der Waals surface area contributed by atoms with E-state index in [4.69, 9.17) is 11.6 Å². The van der Waals surface area contributed by atoms with Gasteiger partial charge < -0.3 is 10.2 Å². The maximum absolute atomic E-state index is 12.3. The highest BCUT2D eigenvalue weighted by atomic mass is 35.5. The first-order valence-electron chi connectivity index (χ1n) is 6.75. The molecule has 0 saturated carbocycles. The Balaban J connectivity index is 2.09. The van der Waals surface area contributed by atoms with Crippen LogP contribution in [0.3, 0.4) is 0 Å². The number of likely N-dealkylation sites (tertiary alicyclic amines) is 1. The Kier molecular flexibility index (Phi) is 4.60. The van der Waals surface area contributed by atoms with Crippen LogP contribution in [-0.2, 0) is 9.59 Å². The van der Waals surface area contributed by atoms with Crippen molar-refractivity contribution in [2.75, 3.05) is 5.32 Å². The molecule has 1 aromatic rings. The van der Waals surface area contributed by atoms with Crippen LogP contribution in [0.1, 0.15) is 33.1 Å². The van der Waals surface area contributed by atoms with Crippen LogP contribution in [0.4, 0.5) is 5.69 Å². The summed E-state index contributed by atoms with van der Waals surface area (Å²) in [6.45, 7) is 3.94. The Morgan fingerprint density at radius 1 is 1.35 bits per heavy atom. The largest absolute Gasteiger partial charge is 0.329 e. The molecule has 0 radical (unpaired) electrons. The van der Waals surface area contributed by atoms with Gasteiger partial charge in [0.15, 0.2) is 5.15 Å². The third-order valence-electron chi connectivity index (χ3n) is 3.63. The quantitative estimate of drug-likeness (QED) is 0.639. The Morgan fingerprint density at radius 3 is 2.60 bits per heavy atom. The highest BCUT2D eigenvalue weighted by molar-refractivity contribution is 6.41. The third-order valence-corrected chi connectivity index (χ3v) is 3.93. The van der Waals surface area contributed by atoms with Gasteiger partial charge in [-0.1, -0.05) is 11.6 Å². The van der Waals surface area contributed by atoms with E-state index in [1.165, 1.54) is 6.20 Å². The fraction of sp³-hybridized carbons (Fsp3) is 0.500. The summed E-state index contributed by atoms with van der Waals surface area (Å²) >= 11 is 5.87. The number of nitrogens with zero attached hydrogens (tertiary/aromatic N) is 2. The first-order valence-corrected chi connectivity index (χ1v) is 7.12. The predicted molar refractivity (Wildman–Crippen MR) is 77.5 cm³/mol. The lowest BCUT2D eigenvalue weighted by atomic mass is 9.97. The van der Waals surface area contributed by atoms with Crippen molar-refractivity contribution in [3.63, 3.8) is 0 Å². The predicted octanol–water partition coefficient (Wildman–Crippen LogP) is 2.46. The van der Waals surface area contributed by atoms with Crippen molar-refractivity contribution >= 4 is 29.1 Å². The molecule has 0 spiro atoms. The number of hydrogen-bond donors (Lipinski definition) is 1. The van der Waals surface area contributed by atoms with E-state index in [9.17, 15) is 9.59 Å². The van der Waals surface area contributed by atoms with Crippen LogP contribution in [0.5, 0.6) is 0 Å². The van der Waals surface area contributed by atoms with Crippen LogP contribution in [0, 0.1) is 0 Å². The van der Waals surface area contributed by atoms with Gasteiger partial charge in [0.1, 0.15) is 0 Å². The van der Waals surface area contributed by atoms with Gasteiger partial charge in [-0.25, -0.2) is 4.98 Å². The number of carbonyl (C=O) groups excluding carboxylic acids is 2. The summed E-state index contributed by atoms with van der Waals surface area (Å²) in [6.07, 6.45) is 4.46. The van der Waals surface area contributed by atoms with Gasteiger partial charge in [-0.3, -0.25) is 9.59 Å². The maximum Gasteiger partial charge on any atom is 0.314 e. The zero-order chi connectivity index (χ0) is 14.7. The average Bonchev–Trinajstić information content (AvgIpc) is 2.41. The van der Waals surface area contributed by atoms with Crippen LogP contribution in [-0.4, -0.2) is 33.8 Å². The summed E-state index contributed by atoms with van der Waals surface area (Å²) in [5.74, 6) is -1.18. The minimum atomic E-state index is -0.666. The highest BCUT2D eigenvalue weighted by Crippen LogP contribution is 2.23. The van der Waals surface area contributed by atoms with Crippen molar-refractivity contribution < 1.29 is 9.59 Å². The highest BCUT2D eigenvalue weighted by Gasteiger charge is 2.32. The molecule has 5 nitrogen and oxygen atoms in total. The van der Waals surface area contributed by atoms with Gasteiger partial charge in [0.05, 0.1) is 5.69 Å². The number of nitrogens with one attached hydrogen (secondary N) is 1. The number of rotatable bonds is 1. The number of aromatic nitrogens is 1. The zero-order valence-corrected chi connectivity index (χ0v) is 12.4. The molecule has 2 atom stereocenters. The number of halogens is 1. The number of anilines is 1. The topological polar surface area (TPSA) is 62.3 Å². The molecule has 1 aliphatic heterocycles. The Hall–Kier alpha value is -1.62. The molecule has 108 valence electrons. The van der Waals surface area contributed by atoms with Crippen LogP contribution in [0.15, 0.2) is 18.3 Å². The number of piperidine rings is 1. The van der Waals surface area contributed by atoms with E-state index >= 15 is 0 Å². The molecule has 6 heteroatoms. The molecule has 0 bridgehead atoms. The van der Waals surface area contributed by atoms with E-state index in [1.807, 2.05) is 13.8 Å². The molecule has 1 N–H and O–H groups in total. The van der Waals surface area contributed by atoms with Gasteiger partial charge >= 0.3 is 11.8 Å². The number of pyridine rings is 1. The molecule has 2 unspecified atom stereocenters. The van der Waals surface area contributed by atoms with E-state index in [2.05, 4.69) is 10.3 Å². The molecule has 2 amide bonds. The molecule has 20 heavy (non-hydrogen) atoms. The number of amides is 2. The summed E-state index contributed by atoms with van der Waals surface area (Å²) < 4.78 is 0. The van der Waals surface area contributed by atoms with Gasteiger partial charge in [-0.05, 0) is 45.2 Å². The standard InChI is InChI=1S/C14H18ClN3O2/c1-9-5-3-6-10(2)18(9)14(20)13(19)17-11-7-4-8-16-12(11)15/h4,7-10H,3,5-6H2,1-2H3,(H,17,19). The molecule has 1 saturated heterocycles. The molecule has 0 aromatic carbocycles. The lowest BCUT2D eigenvalue weighted by Gasteiger charge is -2.38. The van der Waals surface area contributed by atoms with E-state index in [0.29, 0.717) is 5.69 Å². The normalized spacial score (nSPS) is 22.4. The summed E-state index contributed by atoms with van der Waals surface area (Å²) in [6, 6.07) is 3.43. The first kappa shape index (κ1) is 14.8. The third kappa shape index (κ3) is 3.10. The lowest BCUT2D eigenvalue weighted by molar-refractivity contribution is -0.147. The minimum Gasteiger partial charge on any atom is -0.329 e. The fourth-order valence-electron chi connectivity index (χ4n) is 2.59. The summed E-state index contributed by atoms with van der Waals surface area (Å²) in [7, 11) is 0. The van der Waals surface area contributed by atoms with Gasteiger partial charge in [0.2, 0.25) is 0 Å². The van der Waals surface area contributed by atoms with Gasteiger partial charge in [-0.2, -0.15) is 0 Å². The zero-order valence-electron chi connectivity index (χ0n) is 11.6. The first-order chi connectivity index (χ1) is 9.50.